The van der Waals surface area contributed by atoms with Crippen molar-refractivity contribution in [3.63, 3.8) is 0 Å². The number of aromatic hydroxyl groups is 1. The van der Waals surface area contributed by atoms with E-state index in [0.29, 0.717) is 12.3 Å². The fourth-order valence-electron chi connectivity index (χ4n) is 2.27. The Kier molecular flexibility index (Phi) is 4.12. The molecule has 1 aromatic heterocycles. The zero-order valence-corrected chi connectivity index (χ0v) is 14.2. The maximum Gasteiger partial charge on any atom is 0.287 e. The number of phenolic OH excluding ortho intramolecular Hbond substituents is 1. The minimum absolute atomic E-state index is 0.300. The number of hydrogen-bond donors (Lipinski definition) is 2. The molecule has 1 heterocycles. The number of benzene rings is 2. The number of halogens is 2. The summed E-state index contributed by atoms with van der Waals surface area (Å²) in [6.07, 6.45) is 1.86. The number of phenols is 1. The van der Waals surface area contributed by atoms with Gasteiger partial charge in [0.1, 0.15) is 23.0 Å². The molecule has 0 radical (unpaired) electrons. The van der Waals surface area contributed by atoms with Crippen LogP contribution in [0.1, 0.15) is 5.56 Å². The Morgan fingerprint density at radius 2 is 1.90 bits per heavy atom. The van der Waals surface area contributed by atoms with Gasteiger partial charge in [0, 0.05) is 5.56 Å². The van der Waals surface area contributed by atoms with Gasteiger partial charge in [-0.3, -0.25) is 5.32 Å². The summed E-state index contributed by atoms with van der Waals surface area (Å²) in [6.45, 7) is 0.532. The second kappa shape index (κ2) is 6.03. The Hall–Kier alpha value is -1.59. The van der Waals surface area contributed by atoms with Gasteiger partial charge in [-0.1, -0.05) is 30.3 Å². The van der Waals surface area contributed by atoms with Crippen molar-refractivity contribution >= 4 is 48.5 Å². The highest BCUT2D eigenvalue weighted by atomic mass is 79.9. The fourth-order valence-corrected chi connectivity index (χ4v) is 3.42. The van der Waals surface area contributed by atoms with Crippen LogP contribution in [0, 0.1) is 0 Å². The Balaban J connectivity index is 1.93. The number of hydrogen-bond acceptors (Lipinski definition) is 2. The second-order valence-electron chi connectivity index (χ2n) is 4.68. The number of rotatable bonds is 3. The summed E-state index contributed by atoms with van der Waals surface area (Å²) < 4.78 is 1.89. The molecule has 0 saturated carbocycles. The van der Waals surface area contributed by atoms with Gasteiger partial charge in [0.25, 0.3) is 5.82 Å². The summed E-state index contributed by atoms with van der Waals surface area (Å²) in [4.78, 5) is 3.16. The third kappa shape index (κ3) is 3.04. The highest BCUT2D eigenvalue weighted by molar-refractivity contribution is 9.11. The average Bonchev–Trinajstić information content (AvgIpc) is 2.48. The summed E-state index contributed by atoms with van der Waals surface area (Å²) >= 11 is 6.91. The highest BCUT2D eigenvalue weighted by Crippen LogP contribution is 2.28. The molecule has 0 bridgehead atoms. The van der Waals surface area contributed by atoms with Crippen LogP contribution >= 0.6 is 31.9 Å². The molecule has 0 fully saturated rings. The number of aromatic amines is 1. The third-order valence-corrected chi connectivity index (χ3v) is 4.40. The van der Waals surface area contributed by atoms with E-state index in [1.165, 1.54) is 0 Å². The van der Waals surface area contributed by atoms with Crippen molar-refractivity contribution in [2.75, 3.05) is 5.32 Å². The van der Waals surface area contributed by atoms with Crippen molar-refractivity contribution in [1.82, 2.24) is 0 Å². The molecule has 3 N–H and O–H groups in total. The molecule has 3 aromatic rings. The maximum atomic E-state index is 10.1. The molecule has 3 rings (SSSR count). The molecule has 0 atom stereocenters. The van der Waals surface area contributed by atoms with E-state index in [9.17, 15) is 5.11 Å². The topological polar surface area (TPSA) is 46.4 Å². The maximum absolute atomic E-state index is 10.1. The van der Waals surface area contributed by atoms with Crippen LogP contribution in [0.2, 0.25) is 0 Å². The minimum atomic E-state index is 0.300. The molecule has 0 amide bonds. The van der Waals surface area contributed by atoms with Gasteiger partial charge < -0.3 is 5.11 Å². The van der Waals surface area contributed by atoms with Gasteiger partial charge in [0.2, 0.25) is 0 Å². The number of pyridine rings is 1. The van der Waals surface area contributed by atoms with Crippen molar-refractivity contribution in [1.29, 1.82) is 0 Å². The molecule has 0 aliphatic carbocycles. The predicted molar refractivity (Wildman–Crippen MR) is 91.3 cm³/mol. The average molecular weight is 409 g/mol. The first-order chi connectivity index (χ1) is 10.1. The van der Waals surface area contributed by atoms with Gasteiger partial charge >= 0.3 is 0 Å². The minimum Gasteiger partial charge on any atom is -0.507 e. The number of aromatic nitrogens is 1. The number of H-pyrrole nitrogens is 1. The number of nitrogens with one attached hydrogen (secondary N) is 2. The van der Waals surface area contributed by atoms with E-state index in [0.717, 1.165) is 31.1 Å². The first-order valence-corrected chi connectivity index (χ1v) is 8.04. The lowest BCUT2D eigenvalue weighted by atomic mass is 10.0. The molecule has 5 heteroatoms. The lowest BCUT2D eigenvalue weighted by Crippen LogP contribution is -2.13. The molecule has 106 valence electrons. The summed E-state index contributed by atoms with van der Waals surface area (Å²) in [5, 5.41) is 15.6. The highest BCUT2D eigenvalue weighted by Gasteiger charge is 2.12. The summed E-state index contributed by atoms with van der Waals surface area (Å²) in [7, 11) is 0. The van der Waals surface area contributed by atoms with Crippen molar-refractivity contribution < 1.29 is 10.1 Å². The SMILES string of the molecule is Oc1ccc2ccccc2c1CNc1[nH+]cc(Br)cc1Br. The van der Waals surface area contributed by atoms with Gasteiger partial charge in [-0.05, 0) is 54.8 Å². The van der Waals surface area contributed by atoms with Gasteiger partial charge in [-0.25, -0.2) is 4.98 Å². The van der Waals surface area contributed by atoms with Gasteiger partial charge in [-0.2, -0.15) is 0 Å². The molecular weight excluding hydrogens is 396 g/mol. The zero-order chi connectivity index (χ0) is 14.8. The van der Waals surface area contributed by atoms with Crippen LogP contribution in [0.4, 0.5) is 5.82 Å². The van der Waals surface area contributed by atoms with Gasteiger partial charge in [-0.15, -0.1) is 0 Å². The second-order valence-corrected chi connectivity index (χ2v) is 6.45. The summed E-state index contributed by atoms with van der Waals surface area (Å²) in [6, 6.07) is 13.7. The van der Waals surface area contributed by atoms with Crippen molar-refractivity contribution in [3.05, 3.63) is 63.2 Å². The van der Waals surface area contributed by atoms with E-state index in [1.54, 1.807) is 6.07 Å². The largest absolute Gasteiger partial charge is 0.507 e. The smallest absolute Gasteiger partial charge is 0.287 e. The van der Waals surface area contributed by atoms with Gasteiger partial charge in [0.05, 0.1) is 4.47 Å². The fraction of sp³-hybridized carbons (Fsp3) is 0.0625. The molecule has 0 aliphatic heterocycles. The lowest BCUT2D eigenvalue weighted by molar-refractivity contribution is -0.362. The molecule has 21 heavy (non-hydrogen) atoms. The Morgan fingerprint density at radius 1 is 1.10 bits per heavy atom. The molecule has 0 saturated heterocycles. The molecule has 3 nitrogen and oxygen atoms in total. The summed E-state index contributed by atoms with van der Waals surface area (Å²) in [5.74, 6) is 1.17. The molecule has 0 spiro atoms. The number of anilines is 1. The Labute approximate surface area is 139 Å². The standard InChI is InChI=1S/C16H12Br2N2O/c17-11-7-14(18)16(19-8-11)20-9-13-12-4-2-1-3-10(12)5-6-15(13)21/h1-8,21H,9H2,(H,19,20)/p+1. The van der Waals surface area contributed by atoms with Crippen LogP contribution in [0.5, 0.6) is 5.75 Å². The third-order valence-electron chi connectivity index (χ3n) is 3.32. The predicted octanol–water partition coefficient (Wildman–Crippen LogP) is 4.50. The van der Waals surface area contributed by atoms with E-state index in [-0.39, 0.29) is 0 Å². The molecular formula is C16H13Br2N2O+. The molecule has 0 aliphatic rings. The van der Waals surface area contributed by atoms with E-state index < -0.39 is 0 Å². The first-order valence-electron chi connectivity index (χ1n) is 6.45. The van der Waals surface area contributed by atoms with Crippen LogP contribution in [0.15, 0.2) is 57.6 Å². The monoisotopic (exact) mass is 407 g/mol. The van der Waals surface area contributed by atoms with E-state index in [4.69, 9.17) is 0 Å². The lowest BCUT2D eigenvalue weighted by Gasteiger charge is -2.08. The van der Waals surface area contributed by atoms with Crippen molar-refractivity contribution in [2.45, 2.75) is 6.54 Å². The molecule has 0 unspecified atom stereocenters. The van der Waals surface area contributed by atoms with E-state index in [1.807, 2.05) is 42.6 Å². The zero-order valence-electron chi connectivity index (χ0n) is 11.0. The van der Waals surface area contributed by atoms with Crippen LogP contribution in [0.25, 0.3) is 10.8 Å². The Bertz CT molecular complexity index is 805. The van der Waals surface area contributed by atoms with Crippen LogP contribution in [-0.4, -0.2) is 5.11 Å². The van der Waals surface area contributed by atoms with Crippen LogP contribution in [-0.2, 0) is 6.54 Å². The first kappa shape index (κ1) is 14.4. The molecule has 2 aromatic carbocycles. The normalized spacial score (nSPS) is 10.8. The Morgan fingerprint density at radius 3 is 2.71 bits per heavy atom. The summed E-state index contributed by atoms with van der Waals surface area (Å²) in [5.41, 5.74) is 0.885. The van der Waals surface area contributed by atoms with E-state index in [2.05, 4.69) is 42.2 Å². The van der Waals surface area contributed by atoms with Crippen molar-refractivity contribution in [3.8, 4) is 5.75 Å². The van der Waals surface area contributed by atoms with Crippen LogP contribution < -0.4 is 10.3 Å². The number of fused-ring (bicyclic) bond motifs is 1. The van der Waals surface area contributed by atoms with Gasteiger partial charge in [0.15, 0.2) is 0 Å². The quantitative estimate of drug-likeness (QED) is 0.670. The van der Waals surface area contributed by atoms with Crippen molar-refractivity contribution in [2.24, 2.45) is 0 Å². The van der Waals surface area contributed by atoms with E-state index >= 15 is 0 Å². The van der Waals surface area contributed by atoms with Crippen LogP contribution in [0.3, 0.4) is 0 Å².